The van der Waals surface area contributed by atoms with E-state index in [0.717, 1.165) is 12.8 Å². The maximum absolute atomic E-state index is 11.8. The number of imidazole rings is 1. The Morgan fingerprint density at radius 1 is 1.13 bits per heavy atom. The predicted molar refractivity (Wildman–Crippen MR) is 159 cm³/mol. The number of rotatable bonds is 22. The lowest BCUT2D eigenvalue weighted by atomic mass is 10.0. The highest BCUT2D eigenvalue weighted by molar-refractivity contribution is 7.49. The molecule has 11 nitrogen and oxygen atoms in total. The van der Waals surface area contributed by atoms with Gasteiger partial charge in [-0.15, -0.1) is 0 Å². The summed E-state index contributed by atoms with van der Waals surface area (Å²) in [7, 11) is 2.31. The van der Waals surface area contributed by atoms with E-state index in [9.17, 15) is 9.90 Å². The Kier molecular flexibility index (Phi) is 15.6. The van der Waals surface area contributed by atoms with Crippen LogP contribution in [0.2, 0.25) is 0 Å². The molecule has 0 radical (unpaired) electrons. The van der Waals surface area contributed by atoms with Gasteiger partial charge in [-0.1, -0.05) is 71.1 Å². The molecular weight excluding hydrogens is 517 g/mol. The number of anilines is 2. The summed E-state index contributed by atoms with van der Waals surface area (Å²) in [6, 6.07) is -0.583. The van der Waals surface area contributed by atoms with Crippen LogP contribution in [0.1, 0.15) is 96.9 Å². The molecule has 12 heteroatoms. The molecule has 0 fully saturated rings. The monoisotopic (exact) mass is 567 g/mol. The Hall–Kier alpha value is -2.07. The molecule has 222 valence electrons. The third kappa shape index (κ3) is 11.5. The predicted octanol–water partition coefficient (Wildman–Crippen LogP) is 5.73. The van der Waals surface area contributed by atoms with E-state index < -0.39 is 20.3 Å². The topological polar surface area (TPSA) is 149 Å². The lowest BCUT2D eigenvalue weighted by Crippen LogP contribution is -2.34. The highest BCUT2D eigenvalue weighted by Gasteiger charge is 2.22. The van der Waals surface area contributed by atoms with Crippen molar-refractivity contribution in [2.45, 2.75) is 109 Å². The molecule has 0 aliphatic carbocycles. The molecule has 0 aliphatic rings. The smallest absolute Gasteiger partial charge is 0.321 e. The minimum absolute atomic E-state index is 0.0155. The molecule has 0 bridgehead atoms. The first kappa shape index (κ1) is 33.1. The summed E-state index contributed by atoms with van der Waals surface area (Å²) in [6.07, 6.45) is 15.1. The SMILES string of the molecule is CCCCCCCCCCCCC(NP(C)OCC(CC(C)n1cnc2c(NC)nc(N)nc21)OC)C(=O)O. The second kappa shape index (κ2) is 18.3. The number of carboxylic acid groups (broad SMARTS) is 1. The second-order valence-electron chi connectivity index (χ2n) is 10.2. The van der Waals surface area contributed by atoms with Crippen molar-refractivity contribution < 1.29 is 19.2 Å². The molecule has 0 aromatic carbocycles. The summed E-state index contributed by atoms with van der Waals surface area (Å²) in [6.45, 7) is 6.56. The van der Waals surface area contributed by atoms with Gasteiger partial charge in [-0.2, -0.15) is 9.97 Å². The van der Waals surface area contributed by atoms with Crippen molar-refractivity contribution in [2.24, 2.45) is 0 Å². The lowest BCUT2D eigenvalue weighted by molar-refractivity contribution is -0.139. The number of nitrogen functional groups attached to an aromatic ring is 1. The van der Waals surface area contributed by atoms with Crippen LogP contribution in [-0.2, 0) is 14.1 Å². The fraction of sp³-hybridized carbons (Fsp3) is 0.778. The molecule has 2 rings (SSSR count). The van der Waals surface area contributed by atoms with Crippen molar-refractivity contribution in [1.29, 1.82) is 0 Å². The van der Waals surface area contributed by atoms with E-state index in [0.29, 0.717) is 36.4 Å². The Morgan fingerprint density at radius 2 is 1.77 bits per heavy atom. The molecule has 0 aliphatic heterocycles. The van der Waals surface area contributed by atoms with Crippen LogP contribution in [0.15, 0.2) is 6.33 Å². The van der Waals surface area contributed by atoms with Crippen LogP contribution in [0, 0.1) is 0 Å². The first-order valence-corrected chi connectivity index (χ1v) is 16.1. The van der Waals surface area contributed by atoms with Crippen molar-refractivity contribution in [2.75, 3.05) is 38.5 Å². The molecule has 2 aromatic heterocycles. The average molecular weight is 568 g/mol. The van der Waals surface area contributed by atoms with Gasteiger partial charge in [0.25, 0.3) is 0 Å². The number of nitrogens with two attached hydrogens (primary N) is 1. The number of carbonyl (C=O) groups is 1. The highest BCUT2D eigenvalue weighted by Crippen LogP contribution is 2.31. The van der Waals surface area contributed by atoms with Gasteiger partial charge < -0.3 is 30.0 Å². The van der Waals surface area contributed by atoms with Gasteiger partial charge in [-0.25, -0.2) is 4.98 Å². The lowest BCUT2D eigenvalue weighted by Gasteiger charge is -2.24. The fourth-order valence-corrected chi connectivity index (χ4v) is 5.83. The Bertz CT molecular complexity index is 977. The second-order valence-corrected chi connectivity index (χ2v) is 11.7. The minimum Gasteiger partial charge on any atom is -0.480 e. The average Bonchev–Trinajstić information content (AvgIpc) is 3.34. The molecule has 5 N–H and O–H groups in total. The van der Waals surface area contributed by atoms with Crippen LogP contribution >= 0.6 is 8.30 Å². The van der Waals surface area contributed by atoms with E-state index in [2.05, 4.69) is 39.2 Å². The molecular formula is C27H50N7O4P. The summed E-state index contributed by atoms with van der Waals surface area (Å²) in [4.78, 5) is 24.8. The van der Waals surface area contributed by atoms with E-state index in [1.54, 1.807) is 20.5 Å². The van der Waals surface area contributed by atoms with Crippen LogP contribution in [0.25, 0.3) is 11.2 Å². The zero-order valence-electron chi connectivity index (χ0n) is 24.5. The summed E-state index contributed by atoms with van der Waals surface area (Å²) >= 11 is 0. The number of aromatic nitrogens is 4. The summed E-state index contributed by atoms with van der Waals surface area (Å²) in [5.74, 6) is -0.0561. The number of aliphatic carboxylic acids is 1. The number of hydrogen-bond donors (Lipinski definition) is 4. The molecule has 2 heterocycles. The number of ether oxygens (including phenoxy) is 1. The number of unbranched alkanes of at least 4 members (excludes halogenated alkanes) is 9. The van der Waals surface area contributed by atoms with Gasteiger partial charge in [-0.05, 0) is 26.4 Å². The minimum atomic E-state index is -1.11. The molecule has 39 heavy (non-hydrogen) atoms. The van der Waals surface area contributed by atoms with Crippen LogP contribution < -0.4 is 16.1 Å². The maximum atomic E-state index is 11.8. The number of fused-ring (bicyclic) bond motifs is 1. The Morgan fingerprint density at radius 3 is 2.36 bits per heavy atom. The molecule has 0 spiro atoms. The van der Waals surface area contributed by atoms with Crippen LogP contribution in [-0.4, -0.2) is 70.2 Å². The highest BCUT2D eigenvalue weighted by atomic mass is 31.2. The molecule has 0 saturated carbocycles. The van der Waals surface area contributed by atoms with Crippen LogP contribution in [0.5, 0.6) is 0 Å². The van der Waals surface area contributed by atoms with Gasteiger partial charge in [0, 0.05) is 20.2 Å². The van der Waals surface area contributed by atoms with Crippen LogP contribution in [0.4, 0.5) is 11.8 Å². The van der Waals surface area contributed by atoms with E-state index in [-0.39, 0.29) is 18.1 Å². The van der Waals surface area contributed by atoms with Gasteiger partial charge in [-0.3, -0.25) is 9.88 Å². The summed E-state index contributed by atoms with van der Waals surface area (Å²) in [5, 5.41) is 15.9. The van der Waals surface area contributed by atoms with Crippen molar-refractivity contribution >= 4 is 37.2 Å². The third-order valence-electron chi connectivity index (χ3n) is 7.02. The Balaban J connectivity index is 1.75. The molecule has 0 saturated heterocycles. The zero-order valence-corrected chi connectivity index (χ0v) is 25.4. The summed E-state index contributed by atoms with van der Waals surface area (Å²) in [5.41, 5.74) is 7.20. The van der Waals surface area contributed by atoms with E-state index >= 15 is 0 Å². The quantitative estimate of drug-likeness (QED) is 0.103. The number of carboxylic acids is 1. The van der Waals surface area contributed by atoms with Crippen LogP contribution in [0.3, 0.4) is 0 Å². The van der Waals surface area contributed by atoms with Gasteiger partial charge in [0.05, 0.1) is 27.3 Å². The first-order chi connectivity index (χ1) is 18.8. The van der Waals surface area contributed by atoms with Gasteiger partial charge >= 0.3 is 5.97 Å². The normalized spacial score (nSPS) is 14.8. The van der Waals surface area contributed by atoms with Gasteiger partial charge in [0.2, 0.25) is 5.95 Å². The zero-order chi connectivity index (χ0) is 28.6. The standard InChI is InChI=1S/C27H50N7O4P/c1-6-7-8-9-10-11-12-13-14-15-16-22(26(35)36)33-39(5)38-18-21(37-4)17-20(2)34-19-30-23-24(29-3)31-27(28)32-25(23)34/h19-22,33H,6-18H2,1-5H3,(H,35,36)(H3,28,29,31,32). The molecule has 0 amide bonds. The number of methoxy groups -OCH3 is 1. The number of nitrogens with one attached hydrogen (secondary N) is 2. The fourth-order valence-electron chi connectivity index (χ4n) is 4.69. The summed E-state index contributed by atoms with van der Waals surface area (Å²) < 4.78 is 13.7. The van der Waals surface area contributed by atoms with Crippen molar-refractivity contribution in [3.8, 4) is 0 Å². The molecule has 4 unspecified atom stereocenters. The van der Waals surface area contributed by atoms with Crippen molar-refractivity contribution in [3.63, 3.8) is 0 Å². The van der Waals surface area contributed by atoms with E-state index in [1.807, 2.05) is 11.2 Å². The Labute approximate surface area is 234 Å². The van der Waals surface area contributed by atoms with E-state index in [4.69, 9.17) is 15.0 Å². The number of nitrogens with zero attached hydrogens (tertiary/aromatic N) is 4. The van der Waals surface area contributed by atoms with Crippen molar-refractivity contribution in [1.82, 2.24) is 24.6 Å². The van der Waals surface area contributed by atoms with Gasteiger partial charge in [0.15, 0.2) is 17.0 Å². The molecule has 4 atom stereocenters. The van der Waals surface area contributed by atoms with Crippen molar-refractivity contribution in [3.05, 3.63) is 6.33 Å². The molecule has 2 aromatic rings. The third-order valence-corrected chi connectivity index (χ3v) is 8.24. The largest absolute Gasteiger partial charge is 0.480 e. The number of hydrogen-bond acceptors (Lipinski definition) is 9. The first-order valence-electron chi connectivity index (χ1n) is 14.4. The van der Waals surface area contributed by atoms with Gasteiger partial charge in [0.1, 0.15) is 6.04 Å². The maximum Gasteiger partial charge on any atom is 0.321 e. The van der Waals surface area contributed by atoms with E-state index in [1.165, 1.54) is 51.4 Å².